The third-order valence-electron chi connectivity index (χ3n) is 4.25. The van der Waals surface area contributed by atoms with Gasteiger partial charge in [-0.2, -0.15) is 0 Å². The lowest BCUT2D eigenvalue weighted by Crippen LogP contribution is -2.31. The number of hydrogen-bond acceptors (Lipinski definition) is 1. The lowest BCUT2D eigenvalue weighted by atomic mass is 10.2. The number of amides is 1. The van der Waals surface area contributed by atoms with Crippen LogP contribution < -0.4 is 5.32 Å². The van der Waals surface area contributed by atoms with Crippen LogP contribution in [0.25, 0.3) is 0 Å². The molecule has 0 aliphatic rings. The van der Waals surface area contributed by atoms with Crippen molar-refractivity contribution in [2.45, 2.75) is 97.4 Å². The molecule has 0 heterocycles. The van der Waals surface area contributed by atoms with E-state index in [1.54, 1.807) is 0 Å². The fourth-order valence-corrected chi connectivity index (χ4v) is 2.39. The molecule has 26 heavy (non-hydrogen) atoms. The Balaban J connectivity index is 3.50. The minimum Gasteiger partial charge on any atom is -0.354 e. The summed E-state index contributed by atoms with van der Waals surface area (Å²) < 4.78 is 0. The van der Waals surface area contributed by atoms with Gasteiger partial charge in [0.25, 0.3) is 0 Å². The average molecular weight is 360 g/mol. The van der Waals surface area contributed by atoms with Gasteiger partial charge in [-0.05, 0) is 58.3 Å². The Morgan fingerprint density at radius 2 is 1.27 bits per heavy atom. The van der Waals surface area contributed by atoms with Crippen molar-refractivity contribution in [1.29, 1.82) is 0 Å². The van der Waals surface area contributed by atoms with Crippen molar-refractivity contribution in [2.75, 3.05) is 0 Å². The van der Waals surface area contributed by atoms with Crippen molar-refractivity contribution in [2.24, 2.45) is 0 Å². The number of nitrogens with one attached hydrogen (secondary N) is 1. The van der Waals surface area contributed by atoms with E-state index in [4.69, 9.17) is 0 Å². The van der Waals surface area contributed by atoms with Crippen LogP contribution in [-0.2, 0) is 4.79 Å². The zero-order chi connectivity index (χ0) is 19.3. The summed E-state index contributed by atoms with van der Waals surface area (Å²) in [6.45, 7) is 6.37. The predicted octanol–water partition coefficient (Wildman–Crippen LogP) is 7.05. The van der Waals surface area contributed by atoms with Gasteiger partial charge in [0, 0.05) is 12.5 Å². The van der Waals surface area contributed by atoms with Gasteiger partial charge in [-0.15, -0.1) is 0 Å². The van der Waals surface area contributed by atoms with E-state index in [0.29, 0.717) is 12.5 Å². The molecule has 2 heteroatoms. The first-order valence-electron chi connectivity index (χ1n) is 10.6. The van der Waals surface area contributed by atoms with Crippen molar-refractivity contribution in [3.63, 3.8) is 0 Å². The SMILES string of the molecule is CCCCC/C=C\C/C=C\C/C=C\C/C=C\CCCC(=O)N[C@H](C)CC. The molecule has 0 saturated heterocycles. The van der Waals surface area contributed by atoms with E-state index in [0.717, 1.165) is 38.5 Å². The van der Waals surface area contributed by atoms with Gasteiger partial charge in [0.05, 0.1) is 0 Å². The van der Waals surface area contributed by atoms with Crippen LogP contribution in [0.1, 0.15) is 91.4 Å². The Bertz CT molecular complexity index is 431. The Morgan fingerprint density at radius 3 is 1.77 bits per heavy atom. The van der Waals surface area contributed by atoms with E-state index in [2.05, 4.69) is 67.8 Å². The number of hydrogen-bond donors (Lipinski definition) is 1. The van der Waals surface area contributed by atoms with E-state index < -0.39 is 0 Å². The number of unbranched alkanes of at least 4 members (excludes halogenated alkanes) is 4. The highest BCUT2D eigenvalue weighted by molar-refractivity contribution is 5.76. The van der Waals surface area contributed by atoms with Crippen LogP contribution in [0.15, 0.2) is 48.6 Å². The van der Waals surface area contributed by atoms with Crippen LogP contribution in [0.3, 0.4) is 0 Å². The van der Waals surface area contributed by atoms with Gasteiger partial charge in [-0.1, -0.05) is 75.3 Å². The van der Waals surface area contributed by atoms with Crippen LogP contribution in [-0.4, -0.2) is 11.9 Å². The van der Waals surface area contributed by atoms with Gasteiger partial charge in [-0.3, -0.25) is 4.79 Å². The molecule has 0 aliphatic heterocycles. The van der Waals surface area contributed by atoms with Gasteiger partial charge < -0.3 is 5.32 Å². The molecule has 0 rings (SSSR count). The maximum absolute atomic E-state index is 11.6. The summed E-state index contributed by atoms with van der Waals surface area (Å²) in [6, 6.07) is 0.291. The van der Waals surface area contributed by atoms with Crippen LogP contribution >= 0.6 is 0 Å². The van der Waals surface area contributed by atoms with Gasteiger partial charge in [-0.25, -0.2) is 0 Å². The molecule has 0 fully saturated rings. The van der Waals surface area contributed by atoms with Crippen LogP contribution in [0, 0.1) is 0 Å². The van der Waals surface area contributed by atoms with Gasteiger partial charge >= 0.3 is 0 Å². The Morgan fingerprint density at radius 1 is 0.769 bits per heavy atom. The smallest absolute Gasteiger partial charge is 0.220 e. The third-order valence-corrected chi connectivity index (χ3v) is 4.25. The van der Waals surface area contributed by atoms with E-state index in [9.17, 15) is 4.79 Å². The largest absolute Gasteiger partial charge is 0.354 e. The second-order valence-electron chi connectivity index (χ2n) is 6.86. The van der Waals surface area contributed by atoms with Crippen molar-refractivity contribution < 1.29 is 4.79 Å². The molecule has 0 radical (unpaired) electrons. The van der Waals surface area contributed by atoms with E-state index in [1.807, 2.05) is 6.92 Å². The first kappa shape index (κ1) is 24.4. The maximum atomic E-state index is 11.6. The van der Waals surface area contributed by atoms with E-state index in [-0.39, 0.29) is 5.91 Å². The van der Waals surface area contributed by atoms with Crippen LogP contribution in [0.4, 0.5) is 0 Å². The van der Waals surface area contributed by atoms with Gasteiger partial charge in [0.2, 0.25) is 5.91 Å². The molecule has 1 N–H and O–H groups in total. The van der Waals surface area contributed by atoms with E-state index >= 15 is 0 Å². The molecule has 0 bridgehead atoms. The molecule has 1 atom stereocenters. The lowest BCUT2D eigenvalue weighted by Gasteiger charge is -2.10. The molecule has 0 aromatic rings. The molecule has 0 aliphatic carbocycles. The Hall–Kier alpha value is -1.57. The summed E-state index contributed by atoms with van der Waals surface area (Å²) in [5.74, 6) is 0.176. The Labute approximate surface area is 162 Å². The zero-order valence-electron chi connectivity index (χ0n) is 17.4. The number of rotatable bonds is 16. The maximum Gasteiger partial charge on any atom is 0.220 e. The number of carbonyl (C=O) groups is 1. The molecule has 0 unspecified atom stereocenters. The molecule has 0 aromatic carbocycles. The summed E-state index contributed by atoms with van der Waals surface area (Å²) in [6.07, 6.45) is 29.5. The highest BCUT2D eigenvalue weighted by Gasteiger charge is 2.03. The third kappa shape index (κ3) is 18.8. The highest BCUT2D eigenvalue weighted by Crippen LogP contribution is 2.01. The predicted molar refractivity (Wildman–Crippen MR) is 116 cm³/mol. The first-order valence-corrected chi connectivity index (χ1v) is 10.6. The second-order valence-corrected chi connectivity index (χ2v) is 6.86. The summed E-state index contributed by atoms with van der Waals surface area (Å²) in [5.41, 5.74) is 0. The standard InChI is InChI=1S/C24H41NO/c1-4-6-7-8-9-10-11-12-13-14-15-16-17-18-19-20-21-22-24(26)25-23(3)5-2/h9-10,12-13,15-16,18-19,23H,4-8,11,14,17,20-22H2,1-3H3,(H,25,26)/b10-9-,13-12-,16-15-,19-18-/t23-/m1/s1. The summed E-state index contributed by atoms with van der Waals surface area (Å²) in [4.78, 5) is 11.6. The molecule has 0 spiro atoms. The van der Waals surface area contributed by atoms with Crippen LogP contribution in [0.5, 0.6) is 0 Å². The normalized spacial score (nSPS) is 13.5. The molecule has 2 nitrogen and oxygen atoms in total. The zero-order valence-corrected chi connectivity index (χ0v) is 17.4. The summed E-state index contributed by atoms with van der Waals surface area (Å²) in [5, 5.41) is 3.00. The quantitative estimate of drug-likeness (QED) is 0.232. The van der Waals surface area contributed by atoms with Crippen molar-refractivity contribution >= 4 is 5.91 Å². The van der Waals surface area contributed by atoms with E-state index in [1.165, 1.54) is 25.7 Å². The number of allylic oxidation sites excluding steroid dienone is 8. The fraction of sp³-hybridized carbons (Fsp3) is 0.625. The first-order chi connectivity index (χ1) is 12.7. The fourth-order valence-electron chi connectivity index (χ4n) is 2.39. The van der Waals surface area contributed by atoms with Gasteiger partial charge in [0.15, 0.2) is 0 Å². The minimum atomic E-state index is 0.176. The highest BCUT2D eigenvalue weighted by atomic mass is 16.1. The topological polar surface area (TPSA) is 29.1 Å². The number of carbonyl (C=O) groups excluding carboxylic acids is 1. The Kier molecular flexibility index (Phi) is 18.6. The minimum absolute atomic E-state index is 0.176. The molecular weight excluding hydrogens is 318 g/mol. The average Bonchev–Trinajstić information content (AvgIpc) is 2.64. The molecule has 0 aromatic heterocycles. The van der Waals surface area contributed by atoms with Crippen LogP contribution in [0.2, 0.25) is 0 Å². The molecular formula is C24H41NO. The molecule has 1 amide bonds. The monoisotopic (exact) mass is 359 g/mol. The lowest BCUT2D eigenvalue weighted by molar-refractivity contribution is -0.121. The van der Waals surface area contributed by atoms with Crippen molar-refractivity contribution in [3.8, 4) is 0 Å². The van der Waals surface area contributed by atoms with Crippen molar-refractivity contribution in [3.05, 3.63) is 48.6 Å². The summed E-state index contributed by atoms with van der Waals surface area (Å²) in [7, 11) is 0. The molecule has 148 valence electrons. The molecule has 0 saturated carbocycles. The second kappa shape index (κ2) is 19.8. The summed E-state index contributed by atoms with van der Waals surface area (Å²) >= 11 is 0. The van der Waals surface area contributed by atoms with Gasteiger partial charge in [0.1, 0.15) is 0 Å². The van der Waals surface area contributed by atoms with Crippen molar-refractivity contribution in [1.82, 2.24) is 5.32 Å².